The molecule has 0 radical (unpaired) electrons. The molecule has 0 saturated heterocycles. The van der Waals surface area contributed by atoms with Crippen molar-refractivity contribution in [2.45, 2.75) is 32.6 Å². The Labute approximate surface area is 164 Å². The summed E-state index contributed by atoms with van der Waals surface area (Å²) >= 11 is 0. The Kier molecular flexibility index (Phi) is 6.60. The monoisotopic (exact) mass is 332 g/mol. The SMILES string of the molecule is CCCCCc1c(O)c2cccnc2n(-c2ccccc2)c1=O.[H-].[Na+]. The molecule has 2 heterocycles. The molecular weight excluding hydrogens is 311 g/mol. The van der Waals surface area contributed by atoms with E-state index in [0.717, 1.165) is 24.9 Å². The molecule has 3 rings (SSSR count). The number of rotatable bonds is 5. The van der Waals surface area contributed by atoms with Crippen LogP contribution in [0.3, 0.4) is 0 Å². The van der Waals surface area contributed by atoms with Crippen molar-refractivity contribution in [2.75, 3.05) is 0 Å². The van der Waals surface area contributed by atoms with Crippen molar-refractivity contribution in [2.24, 2.45) is 0 Å². The van der Waals surface area contributed by atoms with Crippen molar-refractivity contribution in [1.29, 1.82) is 0 Å². The summed E-state index contributed by atoms with van der Waals surface area (Å²) in [7, 11) is 0. The minimum atomic E-state index is -0.184. The number of fused-ring (bicyclic) bond motifs is 1. The predicted molar refractivity (Wildman–Crippen MR) is 93.3 cm³/mol. The van der Waals surface area contributed by atoms with Crippen molar-refractivity contribution in [3.05, 3.63) is 64.6 Å². The summed E-state index contributed by atoms with van der Waals surface area (Å²) in [5, 5.41) is 11.2. The Balaban J connectivity index is 0.00000156. The molecular formula is C19H21N2NaO2. The van der Waals surface area contributed by atoms with Crippen LogP contribution in [0.25, 0.3) is 16.7 Å². The van der Waals surface area contributed by atoms with Crippen LogP contribution < -0.4 is 35.1 Å². The number of unbranched alkanes of at least 4 members (excludes halogenated alkanes) is 2. The summed E-state index contributed by atoms with van der Waals surface area (Å²) in [6.45, 7) is 2.12. The molecule has 120 valence electrons. The fourth-order valence-corrected chi connectivity index (χ4v) is 2.85. The molecule has 0 aliphatic heterocycles. The van der Waals surface area contributed by atoms with Crippen LogP contribution in [0, 0.1) is 0 Å². The van der Waals surface area contributed by atoms with Crippen molar-refractivity contribution in [3.63, 3.8) is 0 Å². The van der Waals surface area contributed by atoms with Crippen LogP contribution in [0.1, 0.15) is 33.2 Å². The largest absolute Gasteiger partial charge is 1.00 e. The van der Waals surface area contributed by atoms with Crippen LogP contribution in [0.2, 0.25) is 0 Å². The maximum absolute atomic E-state index is 13.0. The number of hydrogen-bond acceptors (Lipinski definition) is 3. The van der Waals surface area contributed by atoms with Crippen LogP contribution in [0.15, 0.2) is 53.5 Å². The minimum absolute atomic E-state index is 0. The topological polar surface area (TPSA) is 55.1 Å². The van der Waals surface area contributed by atoms with Gasteiger partial charge in [-0.1, -0.05) is 38.0 Å². The van der Waals surface area contributed by atoms with Gasteiger partial charge in [0.15, 0.2) is 5.65 Å². The van der Waals surface area contributed by atoms with Gasteiger partial charge in [0.05, 0.1) is 16.6 Å². The fourth-order valence-electron chi connectivity index (χ4n) is 2.85. The molecule has 0 unspecified atom stereocenters. The minimum Gasteiger partial charge on any atom is -1.00 e. The molecule has 5 heteroatoms. The van der Waals surface area contributed by atoms with E-state index in [1.807, 2.05) is 30.3 Å². The first kappa shape index (κ1) is 18.7. The smallest absolute Gasteiger partial charge is 1.00 e. The van der Waals surface area contributed by atoms with Gasteiger partial charge in [-0.25, -0.2) is 4.98 Å². The Hall–Kier alpha value is -1.62. The molecule has 3 aromatic rings. The summed E-state index contributed by atoms with van der Waals surface area (Å²) in [4.78, 5) is 17.3. The normalized spacial score (nSPS) is 10.5. The van der Waals surface area contributed by atoms with Crippen LogP contribution in [-0.4, -0.2) is 14.7 Å². The van der Waals surface area contributed by atoms with Gasteiger partial charge in [-0.3, -0.25) is 9.36 Å². The average molecular weight is 332 g/mol. The van der Waals surface area contributed by atoms with Crippen molar-refractivity contribution >= 4 is 11.0 Å². The van der Waals surface area contributed by atoms with Crippen molar-refractivity contribution in [1.82, 2.24) is 9.55 Å². The zero-order valence-electron chi connectivity index (χ0n) is 15.2. The van der Waals surface area contributed by atoms with Gasteiger partial charge in [0.2, 0.25) is 0 Å². The van der Waals surface area contributed by atoms with E-state index in [-0.39, 0.29) is 42.3 Å². The molecule has 0 saturated carbocycles. The van der Waals surface area contributed by atoms with E-state index in [1.165, 1.54) is 0 Å². The molecule has 0 spiro atoms. The maximum atomic E-state index is 13.0. The third kappa shape index (κ3) is 3.56. The van der Waals surface area contributed by atoms with Gasteiger partial charge in [0.25, 0.3) is 5.56 Å². The third-order valence-corrected chi connectivity index (χ3v) is 4.05. The number of aromatic nitrogens is 2. The summed E-state index contributed by atoms with van der Waals surface area (Å²) in [6.07, 6.45) is 5.21. The Morgan fingerprint density at radius 1 is 1.12 bits per heavy atom. The first-order chi connectivity index (χ1) is 11.2. The van der Waals surface area contributed by atoms with E-state index in [1.54, 1.807) is 22.9 Å². The summed E-state index contributed by atoms with van der Waals surface area (Å²) < 4.78 is 1.59. The van der Waals surface area contributed by atoms with Crippen LogP contribution in [0.4, 0.5) is 0 Å². The van der Waals surface area contributed by atoms with E-state index in [2.05, 4.69) is 11.9 Å². The average Bonchev–Trinajstić information content (AvgIpc) is 2.59. The number of aromatic hydroxyl groups is 1. The van der Waals surface area contributed by atoms with Gasteiger partial charge in [-0.2, -0.15) is 0 Å². The van der Waals surface area contributed by atoms with Crippen molar-refractivity contribution in [3.8, 4) is 11.4 Å². The third-order valence-electron chi connectivity index (χ3n) is 4.05. The Bertz CT molecular complexity index is 882. The van der Waals surface area contributed by atoms with Gasteiger partial charge >= 0.3 is 29.6 Å². The number of nitrogens with zero attached hydrogens (tertiary/aromatic N) is 2. The number of para-hydroxylation sites is 1. The summed E-state index contributed by atoms with van der Waals surface area (Å²) in [6, 6.07) is 13.0. The zero-order valence-corrected chi connectivity index (χ0v) is 16.2. The molecule has 0 aliphatic rings. The van der Waals surface area contributed by atoms with E-state index in [0.29, 0.717) is 23.0 Å². The first-order valence-corrected chi connectivity index (χ1v) is 8.01. The second-order valence-electron chi connectivity index (χ2n) is 5.63. The molecule has 1 aromatic carbocycles. The van der Waals surface area contributed by atoms with Crippen LogP contribution >= 0.6 is 0 Å². The van der Waals surface area contributed by atoms with E-state index in [9.17, 15) is 9.90 Å². The standard InChI is InChI=1S/C19H20N2O2.Na.H/c1-2-3-5-11-16-17(22)15-12-8-13-20-18(15)21(19(16)23)14-9-6-4-7-10-14;;/h4,6-10,12-13,22H,2-3,5,11H2,1H3;;/q;+1;-1. The van der Waals surface area contributed by atoms with Gasteiger partial charge in [-0.05, 0) is 37.1 Å². The number of hydrogen-bond donors (Lipinski definition) is 1. The molecule has 1 N–H and O–H groups in total. The molecule has 0 amide bonds. The quantitative estimate of drug-likeness (QED) is 0.559. The predicted octanol–water partition coefficient (Wildman–Crippen LogP) is 0.940. The Morgan fingerprint density at radius 3 is 2.58 bits per heavy atom. The number of pyridine rings is 2. The second kappa shape index (κ2) is 8.47. The maximum Gasteiger partial charge on any atom is 1.00 e. The molecule has 4 nitrogen and oxygen atoms in total. The Morgan fingerprint density at radius 2 is 1.88 bits per heavy atom. The summed E-state index contributed by atoms with van der Waals surface area (Å²) in [5.74, 6) is 0.0707. The van der Waals surface area contributed by atoms with E-state index < -0.39 is 0 Å². The molecule has 0 fully saturated rings. The van der Waals surface area contributed by atoms with Gasteiger partial charge in [0.1, 0.15) is 5.75 Å². The van der Waals surface area contributed by atoms with E-state index in [4.69, 9.17) is 0 Å². The molecule has 0 aliphatic carbocycles. The zero-order chi connectivity index (χ0) is 16.2. The molecule has 24 heavy (non-hydrogen) atoms. The van der Waals surface area contributed by atoms with Crippen LogP contribution in [0.5, 0.6) is 5.75 Å². The first-order valence-electron chi connectivity index (χ1n) is 8.01. The molecule has 2 aromatic heterocycles. The summed E-state index contributed by atoms with van der Waals surface area (Å²) in [5.41, 5.74) is 1.54. The molecule has 0 bridgehead atoms. The van der Waals surface area contributed by atoms with Gasteiger partial charge < -0.3 is 6.53 Å². The van der Waals surface area contributed by atoms with Crippen LogP contribution in [-0.2, 0) is 6.42 Å². The van der Waals surface area contributed by atoms with Crippen molar-refractivity contribution < 1.29 is 36.1 Å². The molecule has 0 atom stereocenters. The number of benzene rings is 1. The van der Waals surface area contributed by atoms with Gasteiger partial charge in [0, 0.05) is 6.20 Å². The van der Waals surface area contributed by atoms with Gasteiger partial charge in [-0.15, -0.1) is 0 Å². The fraction of sp³-hybridized carbons (Fsp3) is 0.263. The second-order valence-corrected chi connectivity index (χ2v) is 5.63. The van der Waals surface area contributed by atoms with E-state index >= 15 is 0 Å².